The van der Waals surface area contributed by atoms with Crippen LogP contribution in [0.1, 0.15) is 0 Å². The third kappa shape index (κ3) is 2.80. The van der Waals surface area contributed by atoms with Crippen LogP contribution in [0.25, 0.3) is 0 Å². The molecule has 0 atom stereocenters. The highest BCUT2D eigenvalue weighted by atomic mass is 35.5. The monoisotopic (exact) mass is 284 g/mol. The van der Waals surface area contributed by atoms with Gasteiger partial charge in [-0.15, -0.1) is 0 Å². The van der Waals surface area contributed by atoms with Crippen molar-refractivity contribution in [3.8, 4) is 5.75 Å². The third-order valence-electron chi connectivity index (χ3n) is 2.31. The Balaban J connectivity index is 2.37. The van der Waals surface area contributed by atoms with Gasteiger partial charge in [0.2, 0.25) is 16.5 Å². The smallest absolute Gasteiger partial charge is 0.235 e. The lowest BCUT2D eigenvalue weighted by atomic mass is 10.3. The Kier molecular flexibility index (Phi) is 3.84. The van der Waals surface area contributed by atoms with Crippen molar-refractivity contribution in [3.63, 3.8) is 0 Å². The van der Waals surface area contributed by atoms with E-state index in [0.717, 1.165) is 11.4 Å². The maximum absolute atomic E-state index is 5.74. The number of aromatic nitrogens is 3. The summed E-state index contributed by atoms with van der Waals surface area (Å²) in [4.78, 5) is 13.5. The average molecular weight is 285 g/mol. The molecule has 2 rings (SSSR count). The van der Waals surface area contributed by atoms with Crippen molar-refractivity contribution in [1.29, 1.82) is 0 Å². The minimum Gasteiger partial charge on any atom is -0.497 e. The Bertz CT molecular complexity index is 544. The number of nitrogens with zero attached hydrogens (tertiary/aromatic N) is 4. The normalized spacial score (nSPS) is 10.2. The highest BCUT2D eigenvalue weighted by molar-refractivity contribution is 6.31. The zero-order chi connectivity index (χ0) is 13.1. The number of hydrogen-bond acceptors (Lipinski definition) is 5. The van der Waals surface area contributed by atoms with Gasteiger partial charge >= 0.3 is 0 Å². The van der Waals surface area contributed by atoms with E-state index < -0.39 is 0 Å². The molecule has 5 nitrogen and oxygen atoms in total. The van der Waals surface area contributed by atoms with Gasteiger partial charge in [-0.3, -0.25) is 0 Å². The van der Waals surface area contributed by atoms with Gasteiger partial charge in [0.15, 0.2) is 0 Å². The van der Waals surface area contributed by atoms with E-state index in [2.05, 4.69) is 15.0 Å². The largest absolute Gasteiger partial charge is 0.497 e. The van der Waals surface area contributed by atoms with Gasteiger partial charge < -0.3 is 9.64 Å². The van der Waals surface area contributed by atoms with Crippen LogP contribution in [0.5, 0.6) is 5.75 Å². The molecular formula is C11H10Cl2N4O. The van der Waals surface area contributed by atoms with Crippen molar-refractivity contribution in [2.45, 2.75) is 0 Å². The minimum atomic E-state index is 0.0553. The Morgan fingerprint density at radius 1 is 1.11 bits per heavy atom. The lowest BCUT2D eigenvalue weighted by Crippen LogP contribution is -2.13. The van der Waals surface area contributed by atoms with E-state index in [1.807, 2.05) is 24.3 Å². The van der Waals surface area contributed by atoms with E-state index in [0.29, 0.717) is 5.95 Å². The summed E-state index contributed by atoms with van der Waals surface area (Å²) in [5.41, 5.74) is 0.854. The maximum atomic E-state index is 5.74. The van der Waals surface area contributed by atoms with Crippen molar-refractivity contribution >= 4 is 34.8 Å². The number of methoxy groups -OCH3 is 1. The molecule has 0 N–H and O–H groups in total. The van der Waals surface area contributed by atoms with Crippen molar-refractivity contribution < 1.29 is 4.74 Å². The summed E-state index contributed by atoms with van der Waals surface area (Å²) < 4.78 is 5.16. The Morgan fingerprint density at radius 3 is 2.39 bits per heavy atom. The predicted molar refractivity (Wildman–Crippen MR) is 70.9 cm³/mol. The van der Waals surface area contributed by atoms with Crippen LogP contribution >= 0.6 is 23.2 Å². The van der Waals surface area contributed by atoms with Gasteiger partial charge in [0.1, 0.15) is 5.75 Å². The van der Waals surface area contributed by atoms with E-state index in [-0.39, 0.29) is 10.6 Å². The number of hydrogen-bond donors (Lipinski definition) is 0. The number of halogens is 2. The maximum Gasteiger partial charge on any atom is 0.235 e. The number of ether oxygens (including phenoxy) is 1. The zero-order valence-electron chi connectivity index (χ0n) is 9.76. The van der Waals surface area contributed by atoms with E-state index in [9.17, 15) is 0 Å². The summed E-state index contributed by atoms with van der Waals surface area (Å²) in [7, 11) is 3.41. The molecule has 1 aromatic carbocycles. The molecule has 0 radical (unpaired) electrons. The average Bonchev–Trinajstić information content (AvgIpc) is 2.37. The highest BCUT2D eigenvalue weighted by Crippen LogP contribution is 2.25. The molecule has 18 heavy (non-hydrogen) atoms. The topological polar surface area (TPSA) is 51.1 Å². The van der Waals surface area contributed by atoms with Crippen molar-refractivity contribution in [2.75, 3.05) is 19.1 Å². The summed E-state index contributed by atoms with van der Waals surface area (Å²) in [6, 6.07) is 7.47. The Labute approximate surface area is 114 Å². The van der Waals surface area contributed by atoms with Gasteiger partial charge in [0.25, 0.3) is 0 Å². The quantitative estimate of drug-likeness (QED) is 0.867. The van der Waals surface area contributed by atoms with Gasteiger partial charge in [-0.25, -0.2) is 0 Å². The predicted octanol–water partition coefficient (Wildman–Crippen LogP) is 2.95. The van der Waals surface area contributed by atoms with Crippen LogP contribution in [0.3, 0.4) is 0 Å². The summed E-state index contributed by atoms with van der Waals surface area (Å²) in [5.74, 6) is 1.11. The first-order valence-electron chi connectivity index (χ1n) is 5.05. The fourth-order valence-electron chi connectivity index (χ4n) is 1.40. The molecule has 7 heteroatoms. The molecule has 0 amide bonds. The molecule has 0 unspecified atom stereocenters. The SMILES string of the molecule is COc1cccc(N(C)c2nc(Cl)nc(Cl)n2)c1. The van der Waals surface area contributed by atoms with Crippen LogP contribution in [-0.2, 0) is 0 Å². The standard InChI is InChI=1S/C11H10Cl2N4O/c1-17(7-4-3-5-8(6-7)18-2)11-15-9(12)14-10(13)16-11/h3-6H,1-2H3. The van der Waals surface area contributed by atoms with Gasteiger partial charge in [-0.2, -0.15) is 15.0 Å². The minimum absolute atomic E-state index is 0.0553. The summed E-state index contributed by atoms with van der Waals surface area (Å²) >= 11 is 11.5. The fourth-order valence-corrected chi connectivity index (χ4v) is 1.76. The van der Waals surface area contributed by atoms with E-state index in [4.69, 9.17) is 27.9 Å². The molecular weight excluding hydrogens is 275 g/mol. The van der Waals surface area contributed by atoms with E-state index in [1.165, 1.54) is 0 Å². The molecule has 0 saturated heterocycles. The first-order chi connectivity index (χ1) is 8.60. The van der Waals surface area contributed by atoms with Crippen molar-refractivity contribution in [3.05, 3.63) is 34.8 Å². The van der Waals surface area contributed by atoms with Crippen LogP contribution < -0.4 is 9.64 Å². The molecule has 0 spiro atoms. The lowest BCUT2D eigenvalue weighted by Gasteiger charge is -2.17. The van der Waals surface area contributed by atoms with E-state index >= 15 is 0 Å². The van der Waals surface area contributed by atoms with Gasteiger partial charge in [0.05, 0.1) is 7.11 Å². The summed E-state index contributed by atoms with van der Waals surface area (Å²) in [6.07, 6.45) is 0. The van der Waals surface area contributed by atoms with Crippen molar-refractivity contribution in [2.24, 2.45) is 0 Å². The second-order valence-electron chi connectivity index (χ2n) is 3.43. The zero-order valence-corrected chi connectivity index (χ0v) is 11.3. The van der Waals surface area contributed by atoms with Gasteiger partial charge in [-0.1, -0.05) is 6.07 Å². The highest BCUT2D eigenvalue weighted by Gasteiger charge is 2.10. The molecule has 0 aliphatic rings. The molecule has 1 heterocycles. The van der Waals surface area contributed by atoms with Crippen molar-refractivity contribution in [1.82, 2.24) is 15.0 Å². The Hall–Kier alpha value is -1.59. The summed E-state index contributed by atoms with van der Waals surface area (Å²) in [6.45, 7) is 0. The third-order valence-corrected chi connectivity index (χ3v) is 2.65. The number of benzene rings is 1. The molecule has 0 fully saturated rings. The Morgan fingerprint density at radius 2 is 1.78 bits per heavy atom. The summed E-state index contributed by atoms with van der Waals surface area (Å²) in [5, 5.41) is 0.111. The molecule has 1 aromatic heterocycles. The molecule has 0 aliphatic carbocycles. The van der Waals surface area contributed by atoms with Gasteiger partial charge in [0, 0.05) is 18.8 Å². The number of rotatable bonds is 3. The van der Waals surface area contributed by atoms with Crippen LogP contribution in [0.2, 0.25) is 10.6 Å². The lowest BCUT2D eigenvalue weighted by molar-refractivity contribution is 0.415. The first-order valence-corrected chi connectivity index (χ1v) is 5.80. The second-order valence-corrected chi connectivity index (χ2v) is 4.11. The number of anilines is 2. The van der Waals surface area contributed by atoms with Crippen LogP contribution in [0.4, 0.5) is 11.6 Å². The van der Waals surface area contributed by atoms with Crippen LogP contribution in [-0.4, -0.2) is 29.1 Å². The molecule has 0 saturated carbocycles. The second kappa shape index (κ2) is 5.37. The van der Waals surface area contributed by atoms with Gasteiger partial charge in [-0.05, 0) is 35.3 Å². The first kappa shape index (κ1) is 12.9. The molecule has 0 aliphatic heterocycles. The van der Waals surface area contributed by atoms with Crippen LogP contribution in [0, 0.1) is 0 Å². The van der Waals surface area contributed by atoms with Crippen LogP contribution in [0.15, 0.2) is 24.3 Å². The van der Waals surface area contributed by atoms with E-state index in [1.54, 1.807) is 19.1 Å². The fraction of sp³-hybridized carbons (Fsp3) is 0.182. The molecule has 94 valence electrons. The molecule has 0 bridgehead atoms. The molecule has 2 aromatic rings.